The zero-order valence-corrected chi connectivity index (χ0v) is 15.5. The Hall–Kier alpha value is -0.840. The second kappa shape index (κ2) is 4.76. The number of ketones is 1. The Morgan fingerprint density at radius 1 is 1.08 bits per heavy atom. The highest BCUT2D eigenvalue weighted by atomic mass is 19.4. The van der Waals surface area contributed by atoms with Gasteiger partial charge in [0.05, 0.1) is 11.7 Å². The zero-order valence-electron chi connectivity index (χ0n) is 15.5. The summed E-state index contributed by atoms with van der Waals surface area (Å²) >= 11 is 0. The van der Waals surface area contributed by atoms with E-state index in [4.69, 9.17) is 0 Å². The number of alkyl halides is 3. The first-order valence-electron chi connectivity index (χ1n) is 10.1. The molecule has 144 valence electrons. The highest BCUT2D eigenvalue weighted by molar-refractivity contribution is 5.98. The van der Waals surface area contributed by atoms with Crippen molar-refractivity contribution in [3.63, 3.8) is 0 Å². The standard InChI is InChI=1S/C21H27F3O2/c1-18-7-6-15(25)17(21(22,23)24)14(18)4-3-13-12(18)5-8-19(2)16(26)9-11-10-20(11,13)19/h11-13,16,26H,3-10H2,1-2H3/t11?,12-,13+,16?,18+,19+,20?/m0/s1. The molecule has 0 heterocycles. The molecule has 7 atom stereocenters. The largest absolute Gasteiger partial charge is 0.419 e. The van der Waals surface area contributed by atoms with Crippen molar-refractivity contribution in [2.75, 3.05) is 0 Å². The molecule has 4 saturated carbocycles. The topological polar surface area (TPSA) is 37.3 Å². The van der Waals surface area contributed by atoms with E-state index < -0.39 is 22.9 Å². The van der Waals surface area contributed by atoms with Gasteiger partial charge in [0.2, 0.25) is 0 Å². The molecular formula is C21H27F3O2. The van der Waals surface area contributed by atoms with Gasteiger partial charge in [0.1, 0.15) is 0 Å². The molecule has 5 rings (SSSR count). The van der Waals surface area contributed by atoms with Crippen molar-refractivity contribution in [3.05, 3.63) is 11.1 Å². The number of carbonyl (C=O) groups is 1. The van der Waals surface area contributed by atoms with Gasteiger partial charge in [-0.1, -0.05) is 13.8 Å². The van der Waals surface area contributed by atoms with E-state index in [0.29, 0.717) is 30.3 Å². The number of rotatable bonds is 0. The second-order valence-corrected chi connectivity index (χ2v) is 10.1. The molecule has 26 heavy (non-hydrogen) atoms. The minimum Gasteiger partial charge on any atom is -0.393 e. The Morgan fingerprint density at radius 3 is 2.50 bits per heavy atom. The molecule has 1 spiro atoms. The van der Waals surface area contributed by atoms with Gasteiger partial charge in [-0.15, -0.1) is 0 Å². The van der Waals surface area contributed by atoms with E-state index in [9.17, 15) is 23.1 Å². The SMILES string of the molecule is C[C@]12CCC(=O)C(C(F)(F)F)=C1CC[C@@H]1[C@@H]2CC[C@]2(C)C(O)CC3CC312. The maximum atomic E-state index is 13.7. The van der Waals surface area contributed by atoms with Crippen molar-refractivity contribution >= 4 is 5.78 Å². The molecular weight excluding hydrogens is 341 g/mol. The molecule has 1 N–H and O–H groups in total. The molecule has 0 radical (unpaired) electrons. The van der Waals surface area contributed by atoms with Crippen LogP contribution in [-0.2, 0) is 4.79 Å². The molecule has 4 fully saturated rings. The molecule has 5 aliphatic carbocycles. The predicted molar refractivity (Wildman–Crippen MR) is 90.1 cm³/mol. The Kier molecular flexibility index (Phi) is 3.16. The number of hydrogen-bond acceptors (Lipinski definition) is 2. The fourth-order valence-corrected chi connectivity index (χ4v) is 8.25. The summed E-state index contributed by atoms with van der Waals surface area (Å²) in [6, 6.07) is 0. The number of aliphatic hydroxyl groups excluding tert-OH is 1. The van der Waals surface area contributed by atoms with Crippen molar-refractivity contribution in [1.29, 1.82) is 0 Å². The third-order valence-electron chi connectivity index (χ3n) is 9.53. The minimum atomic E-state index is -4.53. The fraction of sp³-hybridized carbons (Fsp3) is 0.857. The monoisotopic (exact) mass is 368 g/mol. The highest BCUT2D eigenvalue weighted by Gasteiger charge is 2.78. The predicted octanol–water partition coefficient (Wildman–Crippen LogP) is 4.81. The summed E-state index contributed by atoms with van der Waals surface area (Å²) < 4.78 is 41.0. The van der Waals surface area contributed by atoms with Gasteiger partial charge < -0.3 is 5.11 Å². The Bertz CT molecular complexity index is 725. The van der Waals surface area contributed by atoms with Crippen LogP contribution in [0.5, 0.6) is 0 Å². The number of carbonyl (C=O) groups excluding carboxylic acids is 1. The van der Waals surface area contributed by atoms with E-state index >= 15 is 0 Å². The molecule has 2 nitrogen and oxygen atoms in total. The summed E-state index contributed by atoms with van der Waals surface area (Å²) in [4.78, 5) is 12.1. The average molecular weight is 368 g/mol. The van der Waals surface area contributed by atoms with E-state index in [1.165, 1.54) is 0 Å². The lowest BCUT2D eigenvalue weighted by atomic mass is 9.45. The van der Waals surface area contributed by atoms with Gasteiger partial charge in [-0.3, -0.25) is 4.79 Å². The van der Waals surface area contributed by atoms with Crippen LogP contribution in [0, 0.1) is 34.0 Å². The smallest absolute Gasteiger partial charge is 0.393 e. The van der Waals surface area contributed by atoms with Crippen LogP contribution >= 0.6 is 0 Å². The lowest BCUT2D eigenvalue weighted by Crippen LogP contribution is -2.54. The van der Waals surface area contributed by atoms with Crippen LogP contribution in [0.15, 0.2) is 11.1 Å². The van der Waals surface area contributed by atoms with Crippen molar-refractivity contribution < 1.29 is 23.1 Å². The molecule has 0 amide bonds. The lowest BCUT2D eigenvalue weighted by Gasteiger charge is -2.59. The molecule has 0 saturated heterocycles. The zero-order chi connectivity index (χ0) is 18.7. The molecule has 5 heteroatoms. The molecule has 0 bridgehead atoms. The van der Waals surface area contributed by atoms with Gasteiger partial charge in [0.25, 0.3) is 0 Å². The molecule has 0 aromatic carbocycles. The first-order valence-corrected chi connectivity index (χ1v) is 10.1. The summed E-state index contributed by atoms with van der Waals surface area (Å²) in [6.45, 7) is 4.22. The lowest BCUT2D eigenvalue weighted by molar-refractivity contribution is -0.137. The summed E-state index contributed by atoms with van der Waals surface area (Å²) in [5.41, 5.74) is -0.844. The Morgan fingerprint density at radius 2 is 1.81 bits per heavy atom. The van der Waals surface area contributed by atoms with Crippen molar-refractivity contribution in [1.82, 2.24) is 0 Å². The quantitative estimate of drug-likeness (QED) is 0.666. The Labute approximate surface area is 152 Å². The third kappa shape index (κ3) is 1.77. The summed E-state index contributed by atoms with van der Waals surface area (Å²) in [7, 11) is 0. The number of allylic oxidation sites excluding steroid dienone is 1. The van der Waals surface area contributed by atoms with E-state index in [-0.39, 0.29) is 29.3 Å². The van der Waals surface area contributed by atoms with Crippen LogP contribution in [0.4, 0.5) is 13.2 Å². The van der Waals surface area contributed by atoms with Gasteiger partial charge >= 0.3 is 6.18 Å². The van der Waals surface area contributed by atoms with Gasteiger partial charge in [-0.2, -0.15) is 13.2 Å². The maximum absolute atomic E-state index is 13.7. The fourth-order valence-electron chi connectivity index (χ4n) is 8.25. The van der Waals surface area contributed by atoms with Gasteiger partial charge in [-0.25, -0.2) is 0 Å². The Balaban J connectivity index is 1.60. The number of aliphatic hydroxyl groups is 1. The van der Waals surface area contributed by atoms with Gasteiger partial charge in [0, 0.05) is 6.42 Å². The molecule has 0 aliphatic heterocycles. The maximum Gasteiger partial charge on any atom is 0.419 e. The van der Waals surface area contributed by atoms with E-state index in [2.05, 4.69) is 6.92 Å². The van der Waals surface area contributed by atoms with Crippen LogP contribution in [-0.4, -0.2) is 23.2 Å². The molecule has 5 aliphatic rings. The first-order chi connectivity index (χ1) is 12.1. The number of halogens is 3. The summed E-state index contributed by atoms with van der Waals surface area (Å²) in [5.74, 6) is 0.472. The average Bonchev–Trinajstić information content (AvgIpc) is 3.20. The molecule has 0 aromatic rings. The number of fused-ring (bicyclic) bond motifs is 3. The van der Waals surface area contributed by atoms with Crippen LogP contribution in [0.1, 0.15) is 65.2 Å². The number of Topliss-reactive ketones (excluding diaryl/α,β-unsaturated/α-hetero) is 1. The van der Waals surface area contributed by atoms with Crippen molar-refractivity contribution in [2.45, 2.75) is 77.5 Å². The van der Waals surface area contributed by atoms with E-state index in [1.807, 2.05) is 6.92 Å². The number of hydrogen-bond donors (Lipinski definition) is 1. The van der Waals surface area contributed by atoms with Gasteiger partial charge in [0.15, 0.2) is 5.78 Å². The molecule has 0 aromatic heterocycles. The van der Waals surface area contributed by atoms with Crippen molar-refractivity contribution in [3.8, 4) is 0 Å². The van der Waals surface area contributed by atoms with Crippen LogP contribution in [0.3, 0.4) is 0 Å². The van der Waals surface area contributed by atoms with E-state index in [1.54, 1.807) is 0 Å². The normalized spacial score (nSPS) is 52.9. The third-order valence-corrected chi connectivity index (χ3v) is 9.53. The summed E-state index contributed by atoms with van der Waals surface area (Å²) in [5, 5.41) is 10.6. The minimum absolute atomic E-state index is 0.0222. The van der Waals surface area contributed by atoms with Crippen LogP contribution in [0.2, 0.25) is 0 Å². The van der Waals surface area contributed by atoms with Crippen LogP contribution < -0.4 is 0 Å². The van der Waals surface area contributed by atoms with Crippen molar-refractivity contribution in [2.24, 2.45) is 34.0 Å². The first kappa shape index (κ1) is 17.3. The summed E-state index contributed by atoms with van der Waals surface area (Å²) in [6.07, 6.45) is 0.735. The van der Waals surface area contributed by atoms with E-state index in [0.717, 1.165) is 32.1 Å². The second-order valence-electron chi connectivity index (χ2n) is 10.1. The highest BCUT2D eigenvalue weighted by Crippen LogP contribution is 2.82. The van der Waals surface area contributed by atoms with Crippen LogP contribution in [0.25, 0.3) is 0 Å². The van der Waals surface area contributed by atoms with Gasteiger partial charge in [-0.05, 0) is 84.5 Å². The molecule has 3 unspecified atom stereocenters.